The molecule has 27 heavy (non-hydrogen) atoms. The molecule has 1 atom stereocenters. The van der Waals surface area contributed by atoms with Crippen LogP contribution in [-0.2, 0) is 4.79 Å². The van der Waals surface area contributed by atoms with E-state index in [1.54, 1.807) is 4.90 Å². The Bertz CT molecular complexity index is 485. The zero-order valence-corrected chi connectivity index (χ0v) is 18.0. The van der Waals surface area contributed by atoms with Gasteiger partial charge in [0.25, 0.3) is 0 Å². The van der Waals surface area contributed by atoms with Gasteiger partial charge in [0.15, 0.2) is 5.96 Å². The zero-order chi connectivity index (χ0) is 19.8. The van der Waals surface area contributed by atoms with E-state index in [0.717, 1.165) is 57.9 Å². The van der Waals surface area contributed by atoms with Crippen molar-refractivity contribution in [2.45, 2.75) is 64.1 Å². The highest BCUT2D eigenvalue weighted by Crippen LogP contribution is 2.18. The number of nitrogens with zero attached hydrogens (tertiary/aromatic N) is 4. The summed E-state index contributed by atoms with van der Waals surface area (Å²) in [5.41, 5.74) is 0. The highest BCUT2D eigenvalue weighted by Gasteiger charge is 2.31. The van der Waals surface area contributed by atoms with Gasteiger partial charge in [0.1, 0.15) is 0 Å². The SMILES string of the molecule is CN=C(NCCCN1CCCC1C(=O)N(C)C)NC1CCN(C(C)C)CC1. The normalized spacial score (nSPS) is 23.0. The van der Waals surface area contributed by atoms with Crippen LogP contribution in [0.15, 0.2) is 4.99 Å². The van der Waals surface area contributed by atoms with Gasteiger partial charge in [-0.15, -0.1) is 0 Å². The number of piperidine rings is 1. The van der Waals surface area contributed by atoms with Gasteiger partial charge >= 0.3 is 0 Å². The lowest BCUT2D eigenvalue weighted by Crippen LogP contribution is -2.50. The molecule has 0 aromatic heterocycles. The average Bonchev–Trinajstić information content (AvgIpc) is 3.12. The van der Waals surface area contributed by atoms with E-state index < -0.39 is 0 Å². The molecule has 0 aromatic rings. The number of carbonyl (C=O) groups is 1. The van der Waals surface area contributed by atoms with Crippen LogP contribution in [0.4, 0.5) is 0 Å². The molecule has 0 aliphatic carbocycles. The van der Waals surface area contributed by atoms with Crippen molar-refractivity contribution in [1.29, 1.82) is 0 Å². The highest BCUT2D eigenvalue weighted by molar-refractivity contribution is 5.81. The largest absolute Gasteiger partial charge is 0.356 e. The first kappa shape index (κ1) is 22.0. The molecule has 2 fully saturated rings. The summed E-state index contributed by atoms with van der Waals surface area (Å²) in [6.07, 6.45) is 5.46. The number of nitrogens with one attached hydrogen (secondary N) is 2. The van der Waals surface area contributed by atoms with Crippen molar-refractivity contribution in [1.82, 2.24) is 25.3 Å². The Kier molecular flexibility index (Phi) is 8.83. The van der Waals surface area contributed by atoms with Gasteiger partial charge in [0.2, 0.25) is 5.91 Å². The van der Waals surface area contributed by atoms with Gasteiger partial charge in [-0.1, -0.05) is 0 Å². The quantitative estimate of drug-likeness (QED) is 0.391. The van der Waals surface area contributed by atoms with Gasteiger partial charge in [0.05, 0.1) is 6.04 Å². The predicted molar refractivity (Wildman–Crippen MR) is 112 cm³/mol. The molecule has 7 nitrogen and oxygen atoms in total. The predicted octanol–water partition coefficient (Wildman–Crippen LogP) is 0.967. The number of carbonyl (C=O) groups excluding carboxylic acids is 1. The fraction of sp³-hybridized carbons (Fsp3) is 0.900. The van der Waals surface area contributed by atoms with Crippen molar-refractivity contribution in [3.8, 4) is 0 Å². The van der Waals surface area contributed by atoms with Crippen LogP contribution in [0.3, 0.4) is 0 Å². The lowest BCUT2D eigenvalue weighted by Gasteiger charge is -2.35. The minimum Gasteiger partial charge on any atom is -0.356 e. The van der Waals surface area contributed by atoms with E-state index in [0.29, 0.717) is 12.1 Å². The Morgan fingerprint density at radius 1 is 1.19 bits per heavy atom. The first-order valence-corrected chi connectivity index (χ1v) is 10.6. The number of aliphatic imine (C=N–C) groups is 1. The van der Waals surface area contributed by atoms with Crippen molar-refractivity contribution in [2.75, 3.05) is 53.9 Å². The summed E-state index contributed by atoms with van der Waals surface area (Å²) in [6, 6.07) is 1.22. The average molecular weight is 381 g/mol. The fourth-order valence-corrected chi connectivity index (χ4v) is 4.11. The molecule has 1 unspecified atom stereocenters. The molecular formula is C20H40N6O. The fourth-order valence-electron chi connectivity index (χ4n) is 4.11. The Balaban J connectivity index is 1.66. The smallest absolute Gasteiger partial charge is 0.239 e. The van der Waals surface area contributed by atoms with Gasteiger partial charge in [-0.2, -0.15) is 0 Å². The molecular weight excluding hydrogens is 340 g/mol. The number of hydrogen-bond donors (Lipinski definition) is 2. The lowest BCUT2D eigenvalue weighted by atomic mass is 10.0. The molecule has 0 aromatic carbocycles. The number of likely N-dealkylation sites (tertiary alicyclic amines) is 2. The van der Waals surface area contributed by atoms with Crippen molar-refractivity contribution in [2.24, 2.45) is 4.99 Å². The minimum atomic E-state index is 0.0728. The van der Waals surface area contributed by atoms with Crippen LogP contribution in [0.2, 0.25) is 0 Å². The maximum Gasteiger partial charge on any atom is 0.239 e. The zero-order valence-electron chi connectivity index (χ0n) is 18.0. The molecule has 2 heterocycles. The van der Waals surface area contributed by atoms with E-state index in [9.17, 15) is 4.79 Å². The van der Waals surface area contributed by atoms with Crippen LogP contribution in [0.1, 0.15) is 46.0 Å². The molecule has 2 aliphatic heterocycles. The monoisotopic (exact) mass is 380 g/mol. The molecule has 2 aliphatic rings. The van der Waals surface area contributed by atoms with Gasteiger partial charge in [-0.05, 0) is 52.5 Å². The van der Waals surface area contributed by atoms with Gasteiger partial charge < -0.3 is 20.4 Å². The van der Waals surface area contributed by atoms with Crippen LogP contribution in [0, 0.1) is 0 Å². The van der Waals surface area contributed by atoms with Crippen LogP contribution in [0.25, 0.3) is 0 Å². The summed E-state index contributed by atoms with van der Waals surface area (Å²) in [6.45, 7) is 9.72. The maximum atomic E-state index is 12.3. The van der Waals surface area contributed by atoms with E-state index in [2.05, 4.69) is 39.3 Å². The third-order valence-corrected chi connectivity index (χ3v) is 5.83. The summed E-state index contributed by atoms with van der Waals surface area (Å²) < 4.78 is 0. The van der Waals surface area contributed by atoms with Gasteiger partial charge in [-0.3, -0.25) is 14.7 Å². The van der Waals surface area contributed by atoms with Crippen molar-refractivity contribution in [3.05, 3.63) is 0 Å². The molecule has 7 heteroatoms. The lowest BCUT2D eigenvalue weighted by molar-refractivity contribution is -0.133. The molecule has 156 valence electrons. The standard InChI is InChI=1S/C20H40N6O/c1-16(2)25-14-9-17(10-15-25)23-20(21-3)22-11-7-13-26-12-6-8-18(26)19(27)24(4)5/h16-18H,6-15H2,1-5H3,(H2,21,22,23). The molecule has 0 bridgehead atoms. The van der Waals surface area contributed by atoms with E-state index in [1.165, 1.54) is 12.8 Å². The van der Waals surface area contributed by atoms with E-state index in [4.69, 9.17) is 0 Å². The number of hydrogen-bond acceptors (Lipinski definition) is 4. The summed E-state index contributed by atoms with van der Waals surface area (Å²) in [5, 5.41) is 7.02. The molecule has 0 spiro atoms. The molecule has 0 saturated carbocycles. The molecule has 0 radical (unpaired) electrons. The van der Waals surface area contributed by atoms with Crippen LogP contribution >= 0.6 is 0 Å². The molecule has 2 saturated heterocycles. The van der Waals surface area contributed by atoms with Crippen LogP contribution in [0.5, 0.6) is 0 Å². The first-order chi connectivity index (χ1) is 12.9. The van der Waals surface area contributed by atoms with Gasteiger partial charge in [-0.25, -0.2) is 0 Å². The third-order valence-electron chi connectivity index (χ3n) is 5.83. The van der Waals surface area contributed by atoms with Crippen LogP contribution < -0.4 is 10.6 Å². The highest BCUT2D eigenvalue weighted by atomic mass is 16.2. The molecule has 1 amide bonds. The van der Waals surface area contributed by atoms with E-state index >= 15 is 0 Å². The summed E-state index contributed by atoms with van der Waals surface area (Å²) in [4.78, 5) is 23.2. The Hall–Kier alpha value is -1.34. The van der Waals surface area contributed by atoms with Crippen LogP contribution in [-0.4, -0.2) is 98.6 Å². The Morgan fingerprint density at radius 2 is 1.89 bits per heavy atom. The Labute approximate surface area is 165 Å². The number of guanidine groups is 1. The minimum absolute atomic E-state index is 0.0728. The Morgan fingerprint density at radius 3 is 2.48 bits per heavy atom. The third kappa shape index (κ3) is 6.64. The second-order valence-corrected chi connectivity index (χ2v) is 8.33. The van der Waals surface area contributed by atoms with Gasteiger partial charge in [0, 0.05) is 59.4 Å². The second kappa shape index (κ2) is 10.9. The second-order valence-electron chi connectivity index (χ2n) is 8.33. The number of rotatable bonds is 7. The number of likely N-dealkylation sites (N-methyl/N-ethyl adjacent to an activating group) is 1. The summed E-state index contributed by atoms with van der Waals surface area (Å²) in [7, 11) is 5.54. The van der Waals surface area contributed by atoms with Crippen molar-refractivity contribution < 1.29 is 4.79 Å². The van der Waals surface area contributed by atoms with E-state index in [-0.39, 0.29) is 11.9 Å². The maximum absolute atomic E-state index is 12.3. The molecule has 2 rings (SSSR count). The topological polar surface area (TPSA) is 63.2 Å². The van der Waals surface area contributed by atoms with Crippen molar-refractivity contribution >= 4 is 11.9 Å². The molecule has 2 N–H and O–H groups in total. The summed E-state index contributed by atoms with van der Waals surface area (Å²) in [5.74, 6) is 1.14. The van der Waals surface area contributed by atoms with Crippen molar-refractivity contribution in [3.63, 3.8) is 0 Å². The summed E-state index contributed by atoms with van der Waals surface area (Å²) >= 11 is 0. The first-order valence-electron chi connectivity index (χ1n) is 10.6. The number of amides is 1. The van der Waals surface area contributed by atoms with E-state index in [1.807, 2.05) is 21.1 Å².